The molecule has 14 nitrogen and oxygen atoms in total. The summed E-state index contributed by atoms with van der Waals surface area (Å²) in [5.41, 5.74) is 9.11. The van der Waals surface area contributed by atoms with E-state index < -0.39 is 0 Å². The van der Waals surface area contributed by atoms with E-state index in [0.717, 1.165) is 67.8 Å². The minimum atomic E-state index is -0.185. The van der Waals surface area contributed by atoms with E-state index in [4.69, 9.17) is 27.9 Å². The topological polar surface area (TPSA) is 115 Å². The van der Waals surface area contributed by atoms with Crippen molar-refractivity contribution in [2.24, 2.45) is 7.05 Å². The SMILES string of the molecule is CN1CCN(Cc2ccc(C(=C\c3cc[n+](C)c4ccccc34)/C=C3\Sc4ccccc4N3CCc3cn(CCCC(=O)NCC[N+](C)(C)CCNC(=O)COc4ccc(N(CCCl)CCCl)cc4)nn3)cc2)CC1. The zero-order valence-corrected chi connectivity index (χ0v) is 46.3. The highest BCUT2D eigenvalue weighted by molar-refractivity contribution is 8.03. The van der Waals surface area contributed by atoms with Gasteiger partial charge in [-0.25, -0.2) is 4.57 Å². The van der Waals surface area contributed by atoms with E-state index in [1.807, 2.05) is 35.1 Å². The Balaban J connectivity index is 0.813. The Labute approximate surface area is 457 Å². The second kappa shape index (κ2) is 27.2. The summed E-state index contributed by atoms with van der Waals surface area (Å²) in [5.74, 6) is 1.45. The van der Waals surface area contributed by atoms with Crippen LogP contribution in [0, 0.1) is 0 Å². The molecule has 2 aliphatic rings. The van der Waals surface area contributed by atoms with Crippen molar-refractivity contribution >= 4 is 80.7 Å². The molecule has 2 N–H and O–H groups in total. The number of fused-ring (bicyclic) bond motifs is 2. The van der Waals surface area contributed by atoms with Gasteiger partial charge in [0.05, 0.1) is 62.1 Å². The van der Waals surface area contributed by atoms with Crippen LogP contribution in [0.3, 0.4) is 0 Å². The van der Waals surface area contributed by atoms with Gasteiger partial charge in [0.2, 0.25) is 11.4 Å². The molecule has 0 spiro atoms. The zero-order chi connectivity index (χ0) is 52.6. The number of hydrogen-bond acceptors (Lipinski definition) is 10. The molecule has 0 aliphatic carbocycles. The zero-order valence-electron chi connectivity index (χ0n) is 44.0. The number of piperazine rings is 1. The van der Waals surface area contributed by atoms with Crippen molar-refractivity contribution in [1.82, 2.24) is 35.4 Å². The second-order valence-electron chi connectivity index (χ2n) is 20.0. The number of thioether (sulfide) groups is 1. The van der Waals surface area contributed by atoms with Gasteiger partial charge in [-0.3, -0.25) is 19.2 Å². The molecule has 0 radical (unpaired) electrons. The van der Waals surface area contributed by atoms with Gasteiger partial charge in [-0.1, -0.05) is 65.5 Å². The average molecular weight is 1080 g/mol. The predicted molar refractivity (Wildman–Crippen MR) is 306 cm³/mol. The maximum absolute atomic E-state index is 12.9. The molecule has 6 aromatic rings. The van der Waals surface area contributed by atoms with Crippen molar-refractivity contribution in [2.75, 3.05) is 121 Å². The highest BCUT2D eigenvalue weighted by atomic mass is 35.5. The average Bonchev–Trinajstić information content (AvgIpc) is 4.02. The Morgan fingerprint density at radius 1 is 0.853 bits per heavy atom. The van der Waals surface area contributed by atoms with Crippen LogP contribution in [0.1, 0.15) is 35.2 Å². The van der Waals surface area contributed by atoms with Gasteiger partial charge in [-0.15, -0.1) is 28.3 Å². The normalized spacial score (nSPS) is 14.9. The quantitative estimate of drug-likeness (QED) is 0.0319. The molecule has 1 fully saturated rings. The van der Waals surface area contributed by atoms with E-state index in [1.54, 1.807) is 11.8 Å². The maximum atomic E-state index is 12.9. The van der Waals surface area contributed by atoms with Crippen LogP contribution in [0.25, 0.3) is 22.6 Å². The first-order valence-corrected chi connectivity index (χ1v) is 28.0. The molecular formula is C58H73Cl2N11O3S+2. The van der Waals surface area contributed by atoms with E-state index >= 15 is 0 Å². The minimum absolute atomic E-state index is 0.00798. The Hall–Kier alpha value is -5.94. The number of para-hydroxylation sites is 2. The number of nitrogens with zero attached hydrogens (tertiary/aromatic N) is 9. The monoisotopic (exact) mass is 1070 g/mol. The third-order valence-corrected chi connectivity index (χ3v) is 15.4. The molecule has 0 unspecified atom stereocenters. The van der Waals surface area contributed by atoms with Crippen LogP contribution in [0.5, 0.6) is 5.75 Å². The fourth-order valence-corrected chi connectivity index (χ4v) is 10.9. The van der Waals surface area contributed by atoms with Gasteiger partial charge in [-0.2, -0.15) is 0 Å². The Bertz CT molecular complexity index is 2880. The largest absolute Gasteiger partial charge is 0.484 e. The summed E-state index contributed by atoms with van der Waals surface area (Å²) in [4.78, 5) is 36.1. The maximum Gasteiger partial charge on any atom is 0.258 e. The fourth-order valence-electron chi connectivity index (χ4n) is 9.39. The van der Waals surface area contributed by atoms with Crippen molar-refractivity contribution < 1.29 is 23.4 Å². The lowest BCUT2D eigenvalue weighted by Crippen LogP contribution is -2.49. The van der Waals surface area contributed by atoms with Crippen LogP contribution in [-0.2, 0) is 36.1 Å². The van der Waals surface area contributed by atoms with Gasteiger partial charge < -0.3 is 34.6 Å². The van der Waals surface area contributed by atoms with Gasteiger partial charge in [0.15, 0.2) is 12.8 Å². The summed E-state index contributed by atoms with van der Waals surface area (Å²) in [6, 6.07) is 36.2. The number of carbonyl (C=O) groups is 2. The molecule has 17 heteroatoms. The van der Waals surface area contributed by atoms with E-state index in [2.05, 4.69) is 171 Å². The summed E-state index contributed by atoms with van der Waals surface area (Å²) < 4.78 is 10.4. The first-order chi connectivity index (χ1) is 36.4. The van der Waals surface area contributed by atoms with Crippen LogP contribution in [0.15, 0.2) is 132 Å². The van der Waals surface area contributed by atoms with Crippen LogP contribution in [0.2, 0.25) is 0 Å². The second-order valence-corrected chi connectivity index (χ2v) is 21.9. The number of carbonyl (C=O) groups excluding carboxylic acids is 2. The van der Waals surface area contributed by atoms with Crippen molar-refractivity contribution in [3.63, 3.8) is 0 Å². The smallest absolute Gasteiger partial charge is 0.258 e. The molecule has 0 bridgehead atoms. The van der Waals surface area contributed by atoms with Crippen molar-refractivity contribution in [3.8, 4) is 5.75 Å². The Morgan fingerprint density at radius 3 is 2.31 bits per heavy atom. The third kappa shape index (κ3) is 16.0. The van der Waals surface area contributed by atoms with Crippen molar-refractivity contribution in [1.29, 1.82) is 0 Å². The lowest BCUT2D eigenvalue weighted by molar-refractivity contribution is -0.887. The van der Waals surface area contributed by atoms with E-state index in [0.29, 0.717) is 80.5 Å². The number of aryl methyl sites for hydroxylation is 2. The molecular weight excluding hydrogens is 1000 g/mol. The van der Waals surface area contributed by atoms with Gasteiger partial charge in [0.1, 0.15) is 12.8 Å². The first kappa shape index (κ1) is 55.3. The highest BCUT2D eigenvalue weighted by Gasteiger charge is 2.26. The van der Waals surface area contributed by atoms with Gasteiger partial charge in [-0.05, 0) is 90.3 Å². The number of rotatable bonds is 26. The van der Waals surface area contributed by atoms with Crippen LogP contribution in [-0.4, -0.2) is 153 Å². The van der Waals surface area contributed by atoms with Crippen molar-refractivity contribution in [3.05, 3.63) is 149 Å². The number of hydrogen-bond donors (Lipinski definition) is 2. The highest BCUT2D eigenvalue weighted by Crippen LogP contribution is 2.47. The Morgan fingerprint density at radius 2 is 1.56 bits per heavy atom. The molecule has 75 heavy (non-hydrogen) atoms. The molecule has 0 atom stereocenters. The van der Waals surface area contributed by atoms with Crippen LogP contribution >= 0.6 is 35.0 Å². The summed E-state index contributed by atoms with van der Waals surface area (Å²) in [6.45, 7) is 10.5. The number of amides is 2. The molecule has 8 rings (SSSR count). The first-order valence-electron chi connectivity index (χ1n) is 26.1. The number of ether oxygens (including phenoxy) is 1. The summed E-state index contributed by atoms with van der Waals surface area (Å²) >= 11 is 13.7. The lowest BCUT2D eigenvalue weighted by Gasteiger charge is -2.32. The fraction of sp³-hybridized carbons (Fsp3) is 0.397. The van der Waals surface area contributed by atoms with Crippen molar-refractivity contribution in [2.45, 2.75) is 37.2 Å². The molecule has 4 heterocycles. The molecule has 2 amide bonds. The number of anilines is 2. The molecule has 0 saturated carbocycles. The van der Waals surface area contributed by atoms with E-state index in [-0.39, 0.29) is 18.4 Å². The number of halogens is 2. The minimum Gasteiger partial charge on any atom is -0.484 e. The third-order valence-electron chi connectivity index (χ3n) is 13.9. The summed E-state index contributed by atoms with van der Waals surface area (Å²) in [7, 11) is 8.48. The number of alkyl halides is 2. The molecule has 1 saturated heterocycles. The predicted octanol–water partition coefficient (Wildman–Crippen LogP) is 7.69. The van der Waals surface area contributed by atoms with Crippen LogP contribution in [0.4, 0.5) is 11.4 Å². The number of nitrogens with one attached hydrogen (secondary N) is 2. The van der Waals surface area contributed by atoms with Gasteiger partial charge in [0, 0.05) is 112 Å². The summed E-state index contributed by atoms with van der Waals surface area (Å²) in [5, 5.41) is 17.4. The number of pyridine rings is 1. The molecule has 2 aliphatic heterocycles. The Kier molecular flexibility index (Phi) is 20.1. The molecule has 396 valence electrons. The van der Waals surface area contributed by atoms with E-state index in [9.17, 15) is 9.59 Å². The van der Waals surface area contributed by atoms with E-state index in [1.165, 1.54) is 38.2 Å². The lowest BCUT2D eigenvalue weighted by atomic mass is 9.99. The number of benzene rings is 4. The number of likely N-dealkylation sites (N-methyl/N-ethyl adjacent to an activating group) is 2. The number of allylic oxidation sites excluding steroid dienone is 2. The molecule has 2 aromatic heterocycles. The standard InChI is InChI=1S/C58H71Cl2N11O3S/c1-65-34-36-67(37-35-65)42-45-15-17-46(18-16-45)48(40-47-23-30-66(2)53-11-6-5-10-52(47)53)41-58-70(54-12-7-8-13-55(54)75-58)31-24-49-43-69(64-63-49)29-9-14-56(72)61-27-38-71(3,4)39-28-62-57(73)44-74-51-21-19-50(20-22-51)68(32-25-59)33-26-60/h5-8,10-13,15-23,30,40-41,43H,9,14,24-29,31-39,42,44H2,1-4H3/p+2. The molecule has 4 aromatic carbocycles. The number of aromatic nitrogens is 4. The van der Waals surface area contributed by atoms with Gasteiger partial charge >= 0.3 is 0 Å². The summed E-state index contributed by atoms with van der Waals surface area (Å²) in [6.07, 6.45) is 10.6. The van der Waals surface area contributed by atoms with Gasteiger partial charge in [0.25, 0.3) is 5.91 Å². The number of quaternary nitrogens is 1. The van der Waals surface area contributed by atoms with Crippen LogP contribution < -0.4 is 29.7 Å².